The van der Waals surface area contributed by atoms with Crippen molar-refractivity contribution in [1.82, 2.24) is 5.43 Å². The molecule has 1 amide bonds. The molecular formula is C17H16Cl2N2O2. The molecule has 2 aromatic carbocycles. The molecule has 23 heavy (non-hydrogen) atoms. The van der Waals surface area contributed by atoms with Crippen LogP contribution in [0.15, 0.2) is 41.5 Å². The second-order valence-electron chi connectivity index (χ2n) is 4.94. The standard InChI is InChI=1S/C17H16Cl2N2O2/c1-11-5-3-6-12(2)17(11)23-10-16(22)21-20-9-13-14(18)7-4-8-15(13)19/h3-9H,10H2,1-2H3,(H,21,22)/b20-9+. The first-order chi connectivity index (χ1) is 11.0. The first-order valence-electron chi connectivity index (χ1n) is 6.94. The van der Waals surface area contributed by atoms with Crippen molar-refractivity contribution in [2.45, 2.75) is 13.8 Å². The Morgan fingerprint density at radius 1 is 1.13 bits per heavy atom. The van der Waals surface area contributed by atoms with Crippen LogP contribution in [0.25, 0.3) is 0 Å². The molecular weight excluding hydrogens is 335 g/mol. The highest BCUT2D eigenvalue weighted by Gasteiger charge is 2.07. The van der Waals surface area contributed by atoms with Crippen molar-refractivity contribution < 1.29 is 9.53 Å². The smallest absolute Gasteiger partial charge is 0.277 e. The van der Waals surface area contributed by atoms with Crippen LogP contribution in [-0.4, -0.2) is 18.7 Å². The lowest BCUT2D eigenvalue weighted by molar-refractivity contribution is -0.123. The number of carbonyl (C=O) groups is 1. The molecule has 0 aliphatic carbocycles. The lowest BCUT2D eigenvalue weighted by Gasteiger charge is -2.10. The van der Waals surface area contributed by atoms with E-state index in [1.54, 1.807) is 18.2 Å². The monoisotopic (exact) mass is 350 g/mol. The molecule has 6 heteroatoms. The fraction of sp³-hybridized carbons (Fsp3) is 0.176. The fourth-order valence-electron chi connectivity index (χ4n) is 2.00. The van der Waals surface area contributed by atoms with Crippen molar-refractivity contribution in [3.8, 4) is 5.75 Å². The van der Waals surface area contributed by atoms with Gasteiger partial charge in [-0.25, -0.2) is 5.43 Å². The van der Waals surface area contributed by atoms with Gasteiger partial charge in [-0.3, -0.25) is 4.79 Å². The molecule has 2 aromatic rings. The van der Waals surface area contributed by atoms with Crippen LogP contribution in [0, 0.1) is 13.8 Å². The van der Waals surface area contributed by atoms with E-state index in [4.69, 9.17) is 27.9 Å². The van der Waals surface area contributed by atoms with Crippen LogP contribution in [0.2, 0.25) is 10.0 Å². The number of ether oxygens (including phenoxy) is 1. The van der Waals surface area contributed by atoms with Crippen LogP contribution >= 0.6 is 23.2 Å². The third-order valence-electron chi connectivity index (χ3n) is 3.14. The second kappa shape index (κ2) is 7.99. The zero-order valence-electron chi connectivity index (χ0n) is 12.8. The minimum atomic E-state index is -0.368. The zero-order valence-corrected chi connectivity index (χ0v) is 14.3. The van der Waals surface area contributed by atoms with Gasteiger partial charge in [0.15, 0.2) is 6.61 Å². The number of carbonyl (C=O) groups excluding carboxylic acids is 1. The average Bonchev–Trinajstić information content (AvgIpc) is 2.50. The summed E-state index contributed by atoms with van der Waals surface area (Å²) in [5.74, 6) is 0.341. The van der Waals surface area contributed by atoms with E-state index in [9.17, 15) is 4.79 Å². The summed E-state index contributed by atoms with van der Waals surface area (Å²) in [4.78, 5) is 11.8. The fourth-order valence-corrected chi connectivity index (χ4v) is 2.49. The molecule has 0 unspecified atom stereocenters. The van der Waals surface area contributed by atoms with E-state index in [0.717, 1.165) is 11.1 Å². The Morgan fingerprint density at radius 3 is 2.30 bits per heavy atom. The van der Waals surface area contributed by atoms with Gasteiger partial charge in [-0.1, -0.05) is 47.5 Å². The predicted octanol–water partition coefficient (Wildman–Crippen LogP) is 4.14. The lowest BCUT2D eigenvalue weighted by Crippen LogP contribution is -2.25. The predicted molar refractivity (Wildman–Crippen MR) is 93.6 cm³/mol. The number of amides is 1. The van der Waals surface area contributed by atoms with Crippen molar-refractivity contribution in [1.29, 1.82) is 0 Å². The molecule has 0 aliphatic heterocycles. The highest BCUT2D eigenvalue weighted by atomic mass is 35.5. The minimum Gasteiger partial charge on any atom is -0.483 e. The normalized spacial score (nSPS) is 10.8. The average molecular weight is 351 g/mol. The SMILES string of the molecule is Cc1cccc(C)c1OCC(=O)N/N=C/c1c(Cl)cccc1Cl. The molecule has 1 N–H and O–H groups in total. The van der Waals surface area contributed by atoms with Gasteiger partial charge in [-0.05, 0) is 37.1 Å². The number of halogens is 2. The van der Waals surface area contributed by atoms with Crippen LogP contribution in [0.3, 0.4) is 0 Å². The van der Waals surface area contributed by atoms with Crippen LogP contribution in [0.1, 0.15) is 16.7 Å². The molecule has 0 saturated carbocycles. The first-order valence-corrected chi connectivity index (χ1v) is 7.69. The number of aryl methyl sites for hydroxylation is 2. The van der Waals surface area contributed by atoms with Crippen molar-refractivity contribution in [3.63, 3.8) is 0 Å². The Bertz CT molecular complexity index is 705. The third kappa shape index (κ3) is 4.71. The topological polar surface area (TPSA) is 50.7 Å². The summed E-state index contributed by atoms with van der Waals surface area (Å²) in [6.45, 7) is 3.73. The number of rotatable bonds is 5. The van der Waals surface area contributed by atoms with Crippen molar-refractivity contribution in [2.24, 2.45) is 5.10 Å². The Labute approximate surface area is 145 Å². The number of hydrogen-bond acceptors (Lipinski definition) is 3. The minimum absolute atomic E-state index is 0.126. The van der Waals surface area contributed by atoms with Crippen LogP contribution in [-0.2, 0) is 4.79 Å². The van der Waals surface area contributed by atoms with Gasteiger partial charge in [-0.15, -0.1) is 0 Å². The quantitative estimate of drug-likeness (QED) is 0.650. The van der Waals surface area contributed by atoms with Crippen molar-refractivity contribution >= 4 is 35.3 Å². The maximum absolute atomic E-state index is 11.8. The third-order valence-corrected chi connectivity index (χ3v) is 3.80. The lowest BCUT2D eigenvalue weighted by atomic mass is 10.1. The number of para-hydroxylation sites is 1. The highest BCUT2D eigenvalue weighted by Crippen LogP contribution is 2.23. The highest BCUT2D eigenvalue weighted by molar-refractivity contribution is 6.38. The molecule has 0 bridgehead atoms. The largest absolute Gasteiger partial charge is 0.483 e. The number of hydrogen-bond donors (Lipinski definition) is 1. The van der Waals surface area contributed by atoms with E-state index in [0.29, 0.717) is 21.4 Å². The summed E-state index contributed by atoms with van der Waals surface area (Å²) < 4.78 is 5.54. The maximum Gasteiger partial charge on any atom is 0.277 e. The number of nitrogens with one attached hydrogen (secondary N) is 1. The summed E-state index contributed by atoms with van der Waals surface area (Å²) in [6, 6.07) is 10.9. The van der Waals surface area contributed by atoms with E-state index >= 15 is 0 Å². The number of benzene rings is 2. The molecule has 2 rings (SSSR count). The molecule has 0 heterocycles. The molecule has 0 aliphatic rings. The summed E-state index contributed by atoms with van der Waals surface area (Å²) in [6.07, 6.45) is 1.40. The maximum atomic E-state index is 11.8. The number of hydrazone groups is 1. The Hall–Kier alpha value is -2.04. The van der Waals surface area contributed by atoms with E-state index < -0.39 is 0 Å². The van der Waals surface area contributed by atoms with Gasteiger partial charge in [0.25, 0.3) is 5.91 Å². The van der Waals surface area contributed by atoms with E-state index in [1.807, 2.05) is 32.0 Å². The van der Waals surface area contributed by atoms with Crippen molar-refractivity contribution in [3.05, 3.63) is 63.1 Å². The van der Waals surface area contributed by atoms with Gasteiger partial charge < -0.3 is 4.74 Å². The zero-order chi connectivity index (χ0) is 16.8. The van der Waals surface area contributed by atoms with Gasteiger partial charge in [0.05, 0.1) is 16.3 Å². The summed E-state index contributed by atoms with van der Waals surface area (Å²) in [5, 5.41) is 4.77. The molecule has 0 aromatic heterocycles. The van der Waals surface area contributed by atoms with Crippen LogP contribution in [0.4, 0.5) is 0 Å². The summed E-state index contributed by atoms with van der Waals surface area (Å²) in [7, 11) is 0. The van der Waals surface area contributed by atoms with Crippen LogP contribution < -0.4 is 10.2 Å². The number of nitrogens with zero attached hydrogens (tertiary/aromatic N) is 1. The summed E-state index contributed by atoms with van der Waals surface area (Å²) in [5.41, 5.74) is 4.88. The van der Waals surface area contributed by atoms with E-state index in [1.165, 1.54) is 6.21 Å². The van der Waals surface area contributed by atoms with Gasteiger partial charge in [0.2, 0.25) is 0 Å². The first kappa shape index (κ1) is 17.3. The molecule has 0 fully saturated rings. The molecule has 0 atom stereocenters. The Morgan fingerprint density at radius 2 is 1.70 bits per heavy atom. The Kier molecular flexibility index (Phi) is 6.02. The van der Waals surface area contributed by atoms with Crippen LogP contribution in [0.5, 0.6) is 5.75 Å². The Balaban J connectivity index is 1.92. The van der Waals surface area contributed by atoms with Crippen molar-refractivity contribution in [2.75, 3.05) is 6.61 Å². The second-order valence-corrected chi connectivity index (χ2v) is 5.75. The van der Waals surface area contributed by atoms with Gasteiger partial charge in [0, 0.05) is 5.56 Å². The molecule has 0 spiro atoms. The molecule has 120 valence electrons. The van der Waals surface area contributed by atoms with Gasteiger partial charge in [0.1, 0.15) is 5.75 Å². The van der Waals surface area contributed by atoms with E-state index in [2.05, 4.69) is 10.5 Å². The molecule has 4 nitrogen and oxygen atoms in total. The van der Waals surface area contributed by atoms with Gasteiger partial charge >= 0.3 is 0 Å². The van der Waals surface area contributed by atoms with Gasteiger partial charge in [-0.2, -0.15) is 5.10 Å². The van der Waals surface area contributed by atoms with E-state index in [-0.39, 0.29) is 12.5 Å². The molecule has 0 saturated heterocycles. The molecule has 0 radical (unpaired) electrons. The summed E-state index contributed by atoms with van der Waals surface area (Å²) >= 11 is 12.0.